The molecule has 0 saturated heterocycles. The van der Waals surface area contributed by atoms with Gasteiger partial charge in [-0.15, -0.1) is 0 Å². The number of sulfonamides is 1. The standard InChI is InChI=1S/C29H31Cl4N3O4S/c1-3-5-15-34-29(38)27(4-2)35(18-20-11-13-23(30)25(32)16-20)28(37)19-36(21-12-14-24(31)26(33)17-21)41(39,40)22-9-7-6-8-10-22/h6-14,16-17,27H,3-5,15,18-19H2,1-2H3,(H,34,38)/t27-/m1/s1. The Bertz CT molecular complexity index is 1470. The number of anilines is 1. The van der Waals surface area contributed by atoms with E-state index < -0.39 is 28.5 Å². The van der Waals surface area contributed by atoms with Crippen molar-refractivity contribution in [3.05, 3.63) is 92.4 Å². The lowest BCUT2D eigenvalue weighted by Gasteiger charge is -2.33. The Morgan fingerprint density at radius 3 is 2.07 bits per heavy atom. The smallest absolute Gasteiger partial charge is 0.264 e. The molecule has 3 rings (SSSR count). The minimum Gasteiger partial charge on any atom is -0.354 e. The zero-order chi connectivity index (χ0) is 30.2. The van der Waals surface area contributed by atoms with Crippen LogP contribution >= 0.6 is 46.4 Å². The number of hydrogen-bond donors (Lipinski definition) is 1. The van der Waals surface area contributed by atoms with Crippen LogP contribution in [0.3, 0.4) is 0 Å². The van der Waals surface area contributed by atoms with Crippen LogP contribution in [0, 0.1) is 0 Å². The topological polar surface area (TPSA) is 86.8 Å². The number of hydrogen-bond acceptors (Lipinski definition) is 4. The first-order valence-electron chi connectivity index (χ1n) is 13.0. The number of halogens is 4. The van der Waals surface area contributed by atoms with E-state index in [1.54, 1.807) is 43.3 Å². The molecule has 0 heterocycles. The molecule has 0 aliphatic rings. The molecule has 2 amide bonds. The molecule has 0 aliphatic heterocycles. The van der Waals surface area contributed by atoms with Gasteiger partial charge in [-0.3, -0.25) is 13.9 Å². The van der Waals surface area contributed by atoms with Gasteiger partial charge in [0.1, 0.15) is 12.6 Å². The second-order valence-electron chi connectivity index (χ2n) is 9.26. The van der Waals surface area contributed by atoms with Crippen molar-refractivity contribution < 1.29 is 18.0 Å². The summed E-state index contributed by atoms with van der Waals surface area (Å²) in [6.07, 6.45) is 1.96. The molecule has 0 fully saturated rings. The SMILES string of the molecule is CCCCNC(=O)[C@@H](CC)N(Cc1ccc(Cl)c(Cl)c1)C(=O)CN(c1ccc(Cl)c(Cl)c1)S(=O)(=O)c1ccccc1. The highest BCUT2D eigenvalue weighted by Gasteiger charge is 2.33. The van der Waals surface area contributed by atoms with Gasteiger partial charge >= 0.3 is 0 Å². The van der Waals surface area contributed by atoms with Gasteiger partial charge < -0.3 is 10.2 Å². The first kappa shape index (κ1) is 33.0. The number of unbranched alkanes of at least 4 members (excludes halogenated alkanes) is 1. The summed E-state index contributed by atoms with van der Waals surface area (Å²) in [5, 5.41) is 3.88. The summed E-state index contributed by atoms with van der Waals surface area (Å²) < 4.78 is 28.7. The van der Waals surface area contributed by atoms with Crippen LogP contribution in [0.1, 0.15) is 38.7 Å². The number of carbonyl (C=O) groups is 2. The average molecular weight is 659 g/mol. The van der Waals surface area contributed by atoms with Crippen molar-refractivity contribution in [1.29, 1.82) is 0 Å². The van der Waals surface area contributed by atoms with Crippen molar-refractivity contribution >= 4 is 73.9 Å². The van der Waals surface area contributed by atoms with Gasteiger partial charge in [-0.05, 0) is 60.9 Å². The third-order valence-corrected chi connectivity index (χ3v) is 9.62. The highest BCUT2D eigenvalue weighted by Crippen LogP contribution is 2.31. The molecule has 0 aromatic heterocycles. The molecule has 3 aromatic rings. The predicted molar refractivity (Wildman–Crippen MR) is 166 cm³/mol. The Labute approximate surface area is 261 Å². The molecule has 41 heavy (non-hydrogen) atoms. The zero-order valence-electron chi connectivity index (χ0n) is 22.6. The Hall–Kier alpha value is -2.49. The maximum Gasteiger partial charge on any atom is 0.264 e. The monoisotopic (exact) mass is 657 g/mol. The van der Waals surface area contributed by atoms with Gasteiger partial charge in [-0.25, -0.2) is 8.42 Å². The van der Waals surface area contributed by atoms with Crippen LogP contribution in [0.5, 0.6) is 0 Å². The number of carbonyl (C=O) groups excluding carboxylic acids is 2. The van der Waals surface area contributed by atoms with Crippen LogP contribution in [0.15, 0.2) is 71.6 Å². The summed E-state index contributed by atoms with van der Waals surface area (Å²) in [6, 6.07) is 16.1. The van der Waals surface area contributed by atoms with Crippen LogP contribution in [-0.2, 0) is 26.2 Å². The minimum absolute atomic E-state index is 0.00394. The summed E-state index contributed by atoms with van der Waals surface area (Å²) in [7, 11) is -4.22. The molecule has 0 spiro atoms. The van der Waals surface area contributed by atoms with Gasteiger partial charge in [0.05, 0.1) is 30.7 Å². The van der Waals surface area contributed by atoms with Crippen molar-refractivity contribution in [3.8, 4) is 0 Å². The van der Waals surface area contributed by atoms with E-state index in [-0.39, 0.29) is 33.1 Å². The van der Waals surface area contributed by atoms with E-state index in [9.17, 15) is 18.0 Å². The molecule has 12 heteroatoms. The van der Waals surface area contributed by atoms with Crippen LogP contribution in [0.2, 0.25) is 20.1 Å². The molecule has 0 radical (unpaired) electrons. The van der Waals surface area contributed by atoms with Gasteiger partial charge in [0.25, 0.3) is 10.0 Å². The maximum absolute atomic E-state index is 14.1. The quantitative estimate of drug-likeness (QED) is 0.197. The molecule has 0 saturated carbocycles. The summed E-state index contributed by atoms with van der Waals surface area (Å²) >= 11 is 24.7. The fourth-order valence-electron chi connectivity index (χ4n) is 4.15. The van der Waals surface area contributed by atoms with Crippen molar-refractivity contribution in [2.24, 2.45) is 0 Å². The van der Waals surface area contributed by atoms with Crippen molar-refractivity contribution in [3.63, 3.8) is 0 Å². The van der Waals surface area contributed by atoms with Gasteiger partial charge in [0, 0.05) is 13.1 Å². The van der Waals surface area contributed by atoms with E-state index in [0.717, 1.165) is 17.1 Å². The van der Waals surface area contributed by atoms with E-state index in [0.29, 0.717) is 28.6 Å². The number of rotatable bonds is 13. The van der Waals surface area contributed by atoms with Crippen LogP contribution < -0.4 is 9.62 Å². The number of amides is 2. The Morgan fingerprint density at radius 1 is 0.854 bits per heavy atom. The molecule has 0 bridgehead atoms. The van der Waals surface area contributed by atoms with E-state index in [1.165, 1.54) is 35.2 Å². The second-order valence-corrected chi connectivity index (χ2v) is 12.8. The third kappa shape index (κ3) is 8.52. The fraction of sp³-hybridized carbons (Fsp3) is 0.310. The van der Waals surface area contributed by atoms with E-state index in [2.05, 4.69) is 5.32 Å². The first-order chi connectivity index (χ1) is 19.5. The molecule has 0 unspecified atom stereocenters. The summed E-state index contributed by atoms with van der Waals surface area (Å²) in [6.45, 7) is 3.65. The zero-order valence-corrected chi connectivity index (χ0v) is 26.5. The van der Waals surface area contributed by atoms with Crippen LogP contribution in [-0.4, -0.2) is 44.3 Å². The van der Waals surface area contributed by atoms with Gasteiger partial charge in [-0.1, -0.05) is 90.9 Å². The summed E-state index contributed by atoms with van der Waals surface area (Å²) in [4.78, 5) is 28.7. The minimum atomic E-state index is -4.22. The van der Waals surface area contributed by atoms with Crippen LogP contribution in [0.25, 0.3) is 0 Å². The van der Waals surface area contributed by atoms with Crippen molar-refractivity contribution in [1.82, 2.24) is 10.2 Å². The summed E-state index contributed by atoms with van der Waals surface area (Å²) in [5.41, 5.74) is 0.770. The number of nitrogens with zero attached hydrogens (tertiary/aromatic N) is 2. The molecular formula is C29H31Cl4N3O4S. The predicted octanol–water partition coefficient (Wildman–Crippen LogP) is 7.22. The van der Waals surface area contributed by atoms with Crippen molar-refractivity contribution in [2.45, 2.75) is 50.6 Å². The summed E-state index contributed by atoms with van der Waals surface area (Å²) in [5.74, 6) is -0.930. The largest absolute Gasteiger partial charge is 0.354 e. The van der Waals surface area contributed by atoms with Gasteiger partial charge in [0.2, 0.25) is 11.8 Å². The molecule has 1 atom stereocenters. The molecule has 3 aromatic carbocycles. The molecule has 220 valence electrons. The van der Waals surface area contributed by atoms with Gasteiger partial charge in [0.15, 0.2) is 0 Å². The van der Waals surface area contributed by atoms with Crippen molar-refractivity contribution in [2.75, 3.05) is 17.4 Å². The van der Waals surface area contributed by atoms with E-state index >= 15 is 0 Å². The fourth-order valence-corrected chi connectivity index (χ4v) is 6.19. The van der Waals surface area contributed by atoms with Gasteiger partial charge in [-0.2, -0.15) is 0 Å². The Kier molecular flexibility index (Phi) is 12.2. The number of nitrogens with one attached hydrogen (secondary N) is 1. The Balaban J connectivity index is 2.06. The van der Waals surface area contributed by atoms with Crippen LogP contribution in [0.4, 0.5) is 5.69 Å². The second kappa shape index (κ2) is 15.1. The highest BCUT2D eigenvalue weighted by molar-refractivity contribution is 7.92. The third-order valence-electron chi connectivity index (χ3n) is 6.35. The maximum atomic E-state index is 14.1. The molecule has 1 N–H and O–H groups in total. The highest BCUT2D eigenvalue weighted by atomic mass is 35.5. The lowest BCUT2D eigenvalue weighted by molar-refractivity contribution is -0.140. The Morgan fingerprint density at radius 2 is 1.49 bits per heavy atom. The first-order valence-corrected chi connectivity index (χ1v) is 16.0. The number of benzene rings is 3. The lowest BCUT2D eigenvalue weighted by Crippen LogP contribution is -2.52. The normalized spacial score (nSPS) is 12.0. The average Bonchev–Trinajstić information content (AvgIpc) is 2.95. The molecular weight excluding hydrogens is 628 g/mol. The molecule has 0 aliphatic carbocycles. The lowest BCUT2D eigenvalue weighted by atomic mass is 10.1. The van der Waals surface area contributed by atoms with E-state index in [4.69, 9.17) is 46.4 Å². The van der Waals surface area contributed by atoms with E-state index in [1.807, 2.05) is 6.92 Å². The molecule has 7 nitrogen and oxygen atoms in total.